The highest BCUT2D eigenvalue weighted by Crippen LogP contribution is 2.30. The molecule has 3 N–H and O–H groups in total. The number of nitrogens with two attached hydrogens (primary N) is 1. The second-order valence-electron chi connectivity index (χ2n) is 7.68. The SMILES string of the molecule is CCc1ccc2c(c1)[C@@H](N)CCC2.CCc1ccc2c(c1)[C@H](O)CCC2.Cl.S. The Kier molecular flexibility index (Phi) is 10.6. The van der Waals surface area contributed by atoms with Crippen LogP contribution < -0.4 is 5.73 Å². The van der Waals surface area contributed by atoms with Gasteiger partial charge >= 0.3 is 0 Å². The van der Waals surface area contributed by atoms with E-state index in [9.17, 15) is 5.11 Å². The Morgan fingerprint density at radius 1 is 0.857 bits per heavy atom. The normalized spacial score (nSPS) is 19.7. The lowest BCUT2D eigenvalue weighted by atomic mass is 9.87. The second kappa shape index (κ2) is 11.9. The maximum absolute atomic E-state index is 9.78. The van der Waals surface area contributed by atoms with Crippen LogP contribution in [-0.4, -0.2) is 5.11 Å². The van der Waals surface area contributed by atoms with Crippen molar-refractivity contribution in [2.24, 2.45) is 5.73 Å². The highest BCUT2D eigenvalue weighted by atomic mass is 35.5. The molecule has 156 valence electrons. The van der Waals surface area contributed by atoms with Crippen molar-refractivity contribution in [2.75, 3.05) is 0 Å². The first-order valence-corrected chi connectivity index (χ1v) is 10.3. The van der Waals surface area contributed by atoms with Crippen molar-refractivity contribution in [1.29, 1.82) is 0 Å². The molecule has 2 aromatic rings. The van der Waals surface area contributed by atoms with Crippen LogP contribution in [0.15, 0.2) is 36.4 Å². The number of benzene rings is 2. The number of hydrogen-bond donors (Lipinski definition) is 2. The van der Waals surface area contributed by atoms with Gasteiger partial charge in [0.1, 0.15) is 0 Å². The monoisotopic (exact) mass is 421 g/mol. The van der Waals surface area contributed by atoms with Crippen LogP contribution in [0.5, 0.6) is 0 Å². The zero-order valence-electron chi connectivity index (χ0n) is 17.2. The molecule has 2 aliphatic carbocycles. The van der Waals surface area contributed by atoms with Crippen LogP contribution in [0.4, 0.5) is 0 Å². The number of hydrogen-bond acceptors (Lipinski definition) is 2. The van der Waals surface area contributed by atoms with Crippen molar-refractivity contribution >= 4 is 25.9 Å². The fourth-order valence-corrected chi connectivity index (χ4v) is 4.15. The first-order chi connectivity index (χ1) is 12.6. The molecule has 4 heteroatoms. The van der Waals surface area contributed by atoms with Crippen LogP contribution in [0, 0.1) is 0 Å². The molecule has 0 heterocycles. The number of aliphatic hydroxyl groups excluding tert-OH is 1. The maximum Gasteiger partial charge on any atom is 0.0792 e. The summed E-state index contributed by atoms with van der Waals surface area (Å²) in [6.07, 6.45) is 8.76. The minimum absolute atomic E-state index is 0. The fraction of sp³-hybridized carbons (Fsp3) is 0.500. The summed E-state index contributed by atoms with van der Waals surface area (Å²) in [6, 6.07) is 13.6. The summed E-state index contributed by atoms with van der Waals surface area (Å²) in [5.41, 5.74) is 14.2. The molecule has 2 aliphatic rings. The van der Waals surface area contributed by atoms with Gasteiger partial charge in [0.05, 0.1) is 6.10 Å². The van der Waals surface area contributed by atoms with E-state index in [2.05, 4.69) is 50.2 Å². The molecule has 0 fully saturated rings. The van der Waals surface area contributed by atoms with E-state index < -0.39 is 0 Å². The number of fused-ring (bicyclic) bond motifs is 2. The van der Waals surface area contributed by atoms with Gasteiger partial charge < -0.3 is 10.8 Å². The Morgan fingerprint density at radius 2 is 1.36 bits per heavy atom. The van der Waals surface area contributed by atoms with E-state index in [0.29, 0.717) is 0 Å². The zero-order valence-corrected chi connectivity index (χ0v) is 19.0. The van der Waals surface area contributed by atoms with Crippen LogP contribution in [-0.2, 0) is 25.7 Å². The standard InChI is InChI=1S/C12H17N.C12H16O.ClH.H2S/c2*1-2-9-6-7-10-4-3-5-12(13)11(10)8-9;;/h6-8,12H,2-5,13H2,1H3;6-8,12-13H,2-5H2,1H3;1H;1H2/t2*12-;;/m01../s1. The molecule has 0 amide bonds. The van der Waals surface area contributed by atoms with Gasteiger partial charge in [-0.1, -0.05) is 50.2 Å². The van der Waals surface area contributed by atoms with E-state index in [1.54, 1.807) is 0 Å². The third-order valence-corrected chi connectivity index (χ3v) is 5.88. The Labute approximate surface area is 183 Å². The molecule has 0 unspecified atom stereocenters. The molecule has 0 bridgehead atoms. The molecule has 0 saturated carbocycles. The molecule has 4 rings (SSSR count). The molecule has 0 saturated heterocycles. The third-order valence-electron chi connectivity index (χ3n) is 5.88. The first-order valence-electron chi connectivity index (χ1n) is 10.3. The van der Waals surface area contributed by atoms with Gasteiger partial charge in [0, 0.05) is 6.04 Å². The molecule has 0 spiro atoms. The predicted molar refractivity (Wildman–Crippen MR) is 127 cm³/mol. The zero-order chi connectivity index (χ0) is 18.5. The third kappa shape index (κ3) is 6.00. The van der Waals surface area contributed by atoms with Gasteiger partial charge in [0.2, 0.25) is 0 Å². The van der Waals surface area contributed by atoms with Crippen LogP contribution in [0.1, 0.15) is 85.1 Å². The van der Waals surface area contributed by atoms with Crippen molar-refractivity contribution in [3.05, 3.63) is 69.8 Å². The highest BCUT2D eigenvalue weighted by Gasteiger charge is 2.17. The van der Waals surface area contributed by atoms with Crippen molar-refractivity contribution in [3.8, 4) is 0 Å². The van der Waals surface area contributed by atoms with Gasteiger partial charge in [-0.2, -0.15) is 13.5 Å². The molecule has 0 aromatic heterocycles. The smallest absolute Gasteiger partial charge is 0.0792 e. The van der Waals surface area contributed by atoms with Crippen LogP contribution >= 0.6 is 25.9 Å². The van der Waals surface area contributed by atoms with Crippen molar-refractivity contribution in [1.82, 2.24) is 0 Å². The Morgan fingerprint density at radius 3 is 1.93 bits per heavy atom. The molecule has 0 radical (unpaired) electrons. The highest BCUT2D eigenvalue weighted by molar-refractivity contribution is 7.59. The van der Waals surface area contributed by atoms with Gasteiger partial charge in [-0.25, -0.2) is 0 Å². The number of rotatable bonds is 2. The maximum atomic E-state index is 9.78. The average molecular weight is 422 g/mol. The summed E-state index contributed by atoms with van der Waals surface area (Å²) < 4.78 is 0. The van der Waals surface area contributed by atoms with E-state index in [1.807, 2.05) is 0 Å². The molecular formula is C24H36ClNOS. The van der Waals surface area contributed by atoms with E-state index in [-0.39, 0.29) is 38.0 Å². The number of halogens is 1. The van der Waals surface area contributed by atoms with Gasteiger partial charge in [-0.05, 0) is 84.7 Å². The van der Waals surface area contributed by atoms with Crippen LogP contribution in [0.2, 0.25) is 0 Å². The fourth-order valence-electron chi connectivity index (χ4n) is 4.15. The second-order valence-corrected chi connectivity index (χ2v) is 7.68. The molecule has 2 nitrogen and oxygen atoms in total. The Balaban J connectivity index is 0.000000261. The van der Waals surface area contributed by atoms with E-state index in [0.717, 1.165) is 38.5 Å². The molecule has 28 heavy (non-hydrogen) atoms. The molecule has 0 aliphatic heterocycles. The van der Waals surface area contributed by atoms with Crippen LogP contribution in [0.25, 0.3) is 0 Å². The summed E-state index contributed by atoms with van der Waals surface area (Å²) in [6.45, 7) is 4.34. The lowest BCUT2D eigenvalue weighted by molar-refractivity contribution is 0.156. The molecule has 2 atom stereocenters. The molecule has 2 aromatic carbocycles. The lowest BCUT2D eigenvalue weighted by Crippen LogP contribution is -2.17. The molecular weight excluding hydrogens is 386 g/mol. The van der Waals surface area contributed by atoms with Crippen molar-refractivity contribution in [2.45, 2.75) is 77.4 Å². The van der Waals surface area contributed by atoms with Gasteiger partial charge in [-0.15, -0.1) is 12.4 Å². The summed E-state index contributed by atoms with van der Waals surface area (Å²) in [7, 11) is 0. The number of aryl methyl sites for hydroxylation is 4. The minimum atomic E-state index is -0.213. The summed E-state index contributed by atoms with van der Waals surface area (Å²) in [4.78, 5) is 0. The van der Waals surface area contributed by atoms with Crippen molar-refractivity contribution < 1.29 is 5.11 Å². The summed E-state index contributed by atoms with van der Waals surface area (Å²) in [5.74, 6) is 0. The van der Waals surface area contributed by atoms with E-state index >= 15 is 0 Å². The largest absolute Gasteiger partial charge is 0.388 e. The van der Waals surface area contributed by atoms with Gasteiger partial charge in [0.25, 0.3) is 0 Å². The average Bonchev–Trinajstić information content (AvgIpc) is 2.69. The minimum Gasteiger partial charge on any atom is -0.388 e. The Bertz CT molecular complexity index is 686. The predicted octanol–water partition coefficient (Wildman–Crippen LogP) is 5.74. The van der Waals surface area contributed by atoms with Crippen molar-refractivity contribution in [3.63, 3.8) is 0 Å². The van der Waals surface area contributed by atoms with Gasteiger partial charge in [0.15, 0.2) is 0 Å². The van der Waals surface area contributed by atoms with Crippen LogP contribution in [0.3, 0.4) is 0 Å². The topological polar surface area (TPSA) is 46.2 Å². The first kappa shape index (κ1) is 25.0. The van der Waals surface area contributed by atoms with E-state index in [4.69, 9.17) is 5.73 Å². The quantitative estimate of drug-likeness (QED) is 0.649. The Hall–Kier alpha value is -1.000. The van der Waals surface area contributed by atoms with E-state index in [1.165, 1.54) is 46.2 Å². The van der Waals surface area contributed by atoms with Gasteiger partial charge in [-0.3, -0.25) is 0 Å². The lowest BCUT2D eigenvalue weighted by Gasteiger charge is -2.22. The summed E-state index contributed by atoms with van der Waals surface area (Å²) >= 11 is 0. The number of aliphatic hydroxyl groups is 1. The summed E-state index contributed by atoms with van der Waals surface area (Å²) in [5, 5.41) is 9.78.